The van der Waals surface area contributed by atoms with E-state index in [-0.39, 0.29) is 5.41 Å². The molecule has 10 rings (SSSR count). The SMILES string of the molecule is c1ccc2c(c1)-c1ccccc1C21c2ccccc2-c2ccc(-n3c4ccccc4c4ccccc43)c3cccc1c23. The quantitative estimate of drug-likeness (QED) is 0.199. The molecule has 0 unspecified atom stereocenters. The highest BCUT2D eigenvalue weighted by atomic mass is 15.0. The summed E-state index contributed by atoms with van der Waals surface area (Å²) in [5, 5.41) is 5.21. The normalized spacial score (nSPS) is 13.9. The third-order valence-electron chi connectivity index (χ3n) is 9.82. The zero-order chi connectivity index (χ0) is 27.4. The fourth-order valence-electron chi connectivity index (χ4n) is 8.31. The van der Waals surface area contributed by atoms with Gasteiger partial charge in [0, 0.05) is 16.2 Å². The van der Waals surface area contributed by atoms with Gasteiger partial charge < -0.3 is 4.57 Å². The van der Waals surface area contributed by atoms with Gasteiger partial charge >= 0.3 is 0 Å². The number of hydrogen-bond acceptors (Lipinski definition) is 0. The number of aromatic nitrogens is 1. The van der Waals surface area contributed by atoms with Crippen molar-refractivity contribution in [3.8, 4) is 27.9 Å². The number of hydrogen-bond donors (Lipinski definition) is 0. The van der Waals surface area contributed by atoms with E-state index in [4.69, 9.17) is 0 Å². The lowest BCUT2D eigenvalue weighted by Gasteiger charge is -2.40. The summed E-state index contributed by atoms with van der Waals surface area (Å²) in [4.78, 5) is 0. The van der Waals surface area contributed by atoms with E-state index < -0.39 is 0 Å². The van der Waals surface area contributed by atoms with Crippen LogP contribution in [0.2, 0.25) is 0 Å². The molecule has 1 spiro atoms. The largest absolute Gasteiger partial charge is 0.309 e. The van der Waals surface area contributed by atoms with Crippen LogP contribution in [0.5, 0.6) is 0 Å². The van der Waals surface area contributed by atoms with Crippen LogP contribution in [0.1, 0.15) is 22.3 Å². The maximum absolute atomic E-state index is 2.47. The molecule has 8 aromatic rings. The van der Waals surface area contributed by atoms with Gasteiger partial charge in [0.2, 0.25) is 0 Å². The molecular formula is C41H25N. The first kappa shape index (κ1) is 22.3. The Hall–Kier alpha value is -5.40. The van der Waals surface area contributed by atoms with Crippen LogP contribution in [-0.4, -0.2) is 4.57 Å². The Labute approximate surface area is 243 Å². The molecule has 0 atom stereocenters. The minimum atomic E-state index is -0.379. The predicted octanol–water partition coefficient (Wildman–Crippen LogP) is 10.3. The van der Waals surface area contributed by atoms with Crippen molar-refractivity contribution in [2.45, 2.75) is 5.41 Å². The first-order chi connectivity index (χ1) is 20.9. The Morgan fingerprint density at radius 2 is 0.786 bits per heavy atom. The van der Waals surface area contributed by atoms with E-state index in [0.29, 0.717) is 0 Å². The number of benzene rings is 7. The average Bonchev–Trinajstić information content (AvgIpc) is 3.55. The highest BCUT2D eigenvalue weighted by Crippen LogP contribution is 2.62. The minimum Gasteiger partial charge on any atom is -0.309 e. The van der Waals surface area contributed by atoms with Crippen molar-refractivity contribution in [1.82, 2.24) is 4.57 Å². The molecule has 194 valence electrons. The lowest BCUT2D eigenvalue weighted by Crippen LogP contribution is -2.31. The fourth-order valence-corrected chi connectivity index (χ4v) is 8.31. The molecule has 1 heterocycles. The molecule has 2 aliphatic rings. The summed E-state index contributed by atoms with van der Waals surface area (Å²) >= 11 is 0. The molecule has 0 bridgehead atoms. The molecular weight excluding hydrogens is 506 g/mol. The van der Waals surface area contributed by atoms with Crippen LogP contribution in [-0.2, 0) is 5.41 Å². The molecule has 1 nitrogen and oxygen atoms in total. The van der Waals surface area contributed by atoms with Gasteiger partial charge in [0.15, 0.2) is 0 Å². The zero-order valence-electron chi connectivity index (χ0n) is 22.9. The standard InChI is InChI=1S/C41H25N/c1-6-18-33-26(12-1)27-13-2-7-19-34(27)41(33)35-20-8-3-14-28(35)31-24-25-39(32-17-11-21-36(41)40(31)32)42-37-22-9-4-15-29(37)30-16-5-10-23-38(30)42/h1-25H. The molecule has 7 aromatic carbocycles. The van der Waals surface area contributed by atoms with E-state index in [1.807, 2.05) is 0 Å². The summed E-state index contributed by atoms with van der Waals surface area (Å²) in [5.41, 5.74) is 14.1. The molecule has 1 aromatic heterocycles. The molecule has 0 saturated carbocycles. The third-order valence-corrected chi connectivity index (χ3v) is 9.82. The number of para-hydroxylation sites is 2. The lowest BCUT2D eigenvalue weighted by molar-refractivity contribution is 0.773. The van der Waals surface area contributed by atoms with Crippen LogP contribution >= 0.6 is 0 Å². The summed E-state index contributed by atoms with van der Waals surface area (Å²) in [6.45, 7) is 0. The van der Waals surface area contributed by atoms with Gasteiger partial charge in [-0.2, -0.15) is 0 Å². The number of nitrogens with zero attached hydrogens (tertiary/aromatic N) is 1. The Morgan fingerprint density at radius 1 is 0.333 bits per heavy atom. The van der Waals surface area contributed by atoms with Crippen molar-refractivity contribution in [2.24, 2.45) is 0 Å². The van der Waals surface area contributed by atoms with Crippen LogP contribution in [0.4, 0.5) is 0 Å². The minimum absolute atomic E-state index is 0.379. The first-order valence-corrected chi connectivity index (χ1v) is 14.7. The second-order valence-electron chi connectivity index (χ2n) is 11.6. The Morgan fingerprint density at radius 3 is 1.38 bits per heavy atom. The van der Waals surface area contributed by atoms with E-state index in [1.165, 1.54) is 82.8 Å². The second kappa shape index (κ2) is 7.87. The highest BCUT2D eigenvalue weighted by Gasteiger charge is 2.49. The van der Waals surface area contributed by atoms with Gasteiger partial charge in [0.25, 0.3) is 0 Å². The topological polar surface area (TPSA) is 4.93 Å². The molecule has 42 heavy (non-hydrogen) atoms. The van der Waals surface area contributed by atoms with Crippen LogP contribution in [0.25, 0.3) is 60.5 Å². The van der Waals surface area contributed by atoms with E-state index >= 15 is 0 Å². The van der Waals surface area contributed by atoms with Gasteiger partial charge in [-0.3, -0.25) is 0 Å². The molecule has 1 heteroatoms. The van der Waals surface area contributed by atoms with E-state index in [0.717, 1.165) is 0 Å². The summed E-state index contributed by atoms with van der Waals surface area (Å²) in [6.07, 6.45) is 0. The van der Waals surface area contributed by atoms with E-state index in [2.05, 4.69) is 156 Å². The molecule has 2 aliphatic carbocycles. The molecule has 0 radical (unpaired) electrons. The Balaban J connectivity index is 1.41. The average molecular weight is 532 g/mol. The van der Waals surface area contributed by atoms with Crippen molar-refractivity contribution in [1.29, 1.82) is 0 Å². The highest BCUT2D eigenvalue weighted by molar-refractivity contribution is 6.13. The monoisotopic (exact) mass is 531 g/mol. The summed E-state index contributed by atoms with van der Waals surface area (Å²) < 4.78 is 2.47. The van der Waals surface area contributed by atoms with Crippen molar-refractivity contribution in [3.05, 3.63) is 174 Å². The van der Waals surface area contributed by atoms with Gasteiger partial charge in [-0.05, 0) is 68.1 Å². The van der Waals surface area contributed by atoms with Crippen molar-refractivity contribution >= 4 is 32.6 Å². The van der Waals surface area contributed by atoms with Crippen molar-refractivity contribution < 1.29 is 0 Å². The smallest absolute Gasteiger partial charge is 0.0725 e. The van der Waals surface area contributed by atoms with Crippen LogP contribution in [0, 0.1) is 0 Å². The summed E-state index contributed by atoms with van der Waals surface area (Å²) in [5.74, 6) is 0. The van der Waals surface area contributed by atoms with E-state index in [1.54, 1.807) is 0 Å². The zero-order valence-corrected chi connectivity index (χ0v) is 22.9. The van der Waals surface area contributed by atoms with Crippen LogP contribution in [0.3, 0.4) is 0 Å². The molecule has 0 fully saturated rings. The molecule has 0 N–H and O–H groups in total. The number of rotatable bonds is 1. The summed E-state index contributed by atoms with van der Waals surface area (Å²) in [7, 11) is 0. The van der Waals surface area contributed by atoms with Crippen molar-refractivity contribution in [3.63, 3.8) is 0 Å². The van der Waals surface area contributed by atoms with Gasteiger partial charge in [-0.15, -0.1) is 0 Å². The maximum Gasteiger partial charge on any atom is 0.0725 e. The molecule has 0 amide bonds. The van der Waals surface area contributed by atoms with Gasteiger partial charge in [0.05, 0.1) is 22.1 Å². The fraction of sp³-hybridized carbons (Fsp3) is 0.0244. The first-order valence-electron chi connectivity index (χ1n) is 14.7. The maximum atomic E-state index is 2.47. The Bertz CT molecular complexity index is 2320. The van der Waals surface area contributed by atoms with Crippen LogP contribution < -0.4 is 0 Å². The van der Waals surface area contributed by atoms with Gasteiger partial charge in [-0.25, -0.2) is 0 Å². The van der Waals surface area contributed by atoms with E-state index in [9.17, 15) is 0 Å². The summed E-state index contributed by atoms with van der Waals surface area (Å²) in [6, 6.07) is 56.5. The predicted molar refractivity (Wildman–Crippen MR) is 175 cm³/mol. The molecule has 0 saturated heterocycles. The molecule has 0 aliphatic heterocycles. The van der Waals surface area contributed by atoms with Gasteiger partial charge in [0.1, 0.15) is 0 Å². The number of fused-ring (bicyclic) bond motifs is 12. The lowest BCUT2D eigenvalue weighted by atomic mass is 9.61. The van der Waals surface area contributed by atoms with Gasteiger partial charge in [-0.1, -0.05) is 133 Å². The van der Waals surface area contributed by atoms with Crippen LogP contribution in [0.15, 0.2) is 152 Å². The Kier molecular flexibility index (Phi) is 4.18. The van der Waals surface area contributed by atoms with Crippen molar-refractivity contribution in [2.75, 3.05) is 0 Å². The third kappa shape index (κ3) is 2.52. The second-order valence-corrected chi connectivity index (χ2v) is 11.6.